The summed E-state index contributed by atoms with van der Waals surface area (Å²) in [6, 6.07) is 3.44. The molecule has 6 nitrogen and oxygen atoms in total. The molecule has 1 atom stereocenters. The molecule has 0 aromatic carbocycles. The Morgan fingerprint density at radius 3 is 2.65 bits per heavy atom. The molecule has 4 rings (SSSR count). The van der Waals surface area contributed by atoms with E-state index in [0.29, 0.717) is 39.3 Å². The molecule has 26 heavy (non-hydrogen) atoms. The smallest absolute Gasteiger partial charge is 0.248 e. The number of hydrogen-bond acceptors (Lipinski definition) is 5. The van der Waals surface area contributed by atoms with E-state index in [4.69, 9.17) is 9.47 Å². The van der Waals surface area contributed by atoms with Crippen molar-refractivity contribution in [2.24, 2.45) is 0 Å². The van der Waals surface area contributed by atoms with E-state index in [1.807, 2.05) is 27.3 Å². The molecule has 7 heteroatoms. The Labute approximate surface area is 158 Å². The van der Waals surface area contributed by atoms with Crippen LogP contribution >= 0.6 is 11.3 Å². The van der Waals surface area contributed by atoms with Crippen LogP contribution in [0.4, 0.5) is 0 Å². The van der Waals surface area contributed by atoms with Crippen molar-refractivity contribution in [3.05, 3.63) is 22.4 Å². The summed E-state index contributed by atoms with van der Waals surface area (Å²) < 4.78 is 11.6. The minimum absolute atomic E-state index is 0.00952. The fourth-order valence-corrected chi connectivity index (χ4v) is 5.07. The van der Waals surface area contributed by atoms with Gasteiger partial charge in [-0.3, -0.25) is 14.5 Å². The Morgan fingerprint density at radius 2 is 1.96 bits per heavy atom. The zero-order valence-corrected chi connectivity index (χ0v) is 15.8. The summed E-state index contributed by atoms with van der Waals surface area (Å²) in [5, 5.41) is 1.98. The Hall–Kier alpha value is -1.44. The number of rotatable bonds is 3. The lowest BCUT2D eigenvalue weighted by Gasteiger charge is -2.42. The lowest BCUT2D eigenvalue weighted by atomic mass is 9.90. The van der Waals surface area contributed by atoms with E-state index in [9.17, 15) is 9.59 Å². The van der Waals surface area contributed by atoms with Crippen LogP contribution in [0, 0.1) is 0 Å². The fraction of sp³-hybridized carbons (Fsp3) is 0.684. The molecule has 142 valence electrons. The molecule has 1 saturated carbocycles. The molecule has 1 aromatic heterocycles. The standard InChI is InChI=1S/C19H26N2O4S/c22-17(13-15-5-4-12-26-15)21-16(18(23)20-8-10-24-11-9-20)14-25-19(21)6-2-1-3-7-19/h4-5,12,16H,1-3,6-11,13-14H2/t16-/m0/s1. The maximum Gasteiger partial charge on any atom is 0.248 e. The van der Waals surface area contributed by atoms with Crippen molar-refractivity contribution in [2.45, 2.75) is 50.3 Å². The normalized spacial score (nSPS) is 25.6. The summed E-state index contributed by atoms with van der Waals surface area (Å²) in [6.07, 6.45) is 5.25. The summed E-state index contributed by atoms with van der Waals surface area (Å²) in [4.78, 5) is 31.0. The van der Waals surface area contributed by atoms with Gasteiger partial charge in [0.25, 0.3) is 0 Å². The highest BCUT2D eigenvalue weighted by molar-refractivity contribution is 7.10. The Balaban J connectivity index is 1.57. The molecule has 1 aliphatic carbocycles. The molecule has 3 fully saturated rings. The summed E-state index contributed by atoms with van der Waals surface area (Å²) in [5.41, 5.74) is -0.584. The van der Waals surface area contributed by atoms with Gasteiger partial charge in [-0.25, -0.2) is 0 Å². The average molecular weight is 378 g/mol. The van der Waals surface area contributed by atoms with Gasteiger partial charge in [0.1, 0.15) is 11.8 Å². The second-order valence-electron chi connectivity index (χ2n) is 7.29. The highest BCUT2D eigenvalue weighted by Gasteiger charge is 2.53. The van der Waals surface area contributed by atoms with Crippen LogP contribution in [0.2, 0.25) is 0 Å². The molecular formula is C19H26N2O4S. The van der Waals surface area contributed by atoms with Gasteiger partial charge >= 0.3 is 0 Å². The van der Waals surface area contributed by atoms with Crippen LogP contribution in [-0.4, -0.2) is 66.3 Å². The van der Waals surface area contributed by atoms with E-state index >= 15 is 0 Å². The highest BCUT2D eigenvalue weighted by Crippen LogP contribution is 2.41. The van der Waals surface area contributed by atoms with Crippen LogP contribution in [0.25, 0.3) is 0 Å². The van der Waals surface area contributed by atoms with Crippen molar-refractivity contribution >= 4 is 23.2 Å². The minimum Gasteiger partial charge on any atom is -0.378 e. The van der Waals surface area contributed by atoms with E-state index in [0.717, 1.165) is 30.6 Å². The SMILES string of the molecule is O=C([C@@H]1COC2(CCCCC2)N1C(=O)Cc1cccs1)N1CCOCC1. The van der Waals surface area contributed by atoms with Crippen LogP contribution in [0.3, 0.4) is 0 Å². The molecule has 1 spiro atoms. The van der Waals surface area contributed by atoms with E-state index in [1.54, 1.807) is 11.3 Å². The number of carbonyl (C=O) groups excluding carboxylic acids is 2. The number of hydrogen-bond donors (Lipinski definition) is 0. The zero-order valence-electron chi connectivity index (χ0n) is 15.0. The topological polar surface area (TPSA) is 59.1 Å². The molecule has 0 N–H and O–H groups in total. The van der Waals surface area contributed by atoms with Crippen molar-refractivity contribution < 1.29 is 19.1 Å². The van der Waals surface area contributed by atoms with Gasteiger partial charge in [-0.2, -0.15) is 0 Å². The molecule has 2 saturated heterocycles. The Kier molecular flexibility index (Phi) is 5.29. The number of amides is 2. The third-order valence-electron chi connectivity index (χ3n) is 5.68. The van der Waals surface area contributed by atoms with Gasteiger partial charge in [-0.05, 0) is 37.1 Å². The molecule has 0 radical (unpaired) electrons. The summed E-state index contributed by atoms with van der Waals surface area (Å²) in [6.45, 7) is 2.62. The van der Waals surface area contributed by atoms with Crippen molar-refractivity contribution in [1.29, 1.82) is 0 Å². The second-order valence-corrected chi connectivity index (χ2v) is 8.32. The van der Waals surface area contributed by atoms with E-state index in [-0.39, 0.29) is 11.8 Å². The van der Waals surface area contributed by atoms with Gasteiger partial charge in [-0.1, -0.05) is 12.5 Å². The zero-order chi connectivity index (χ0) is 18.0. The van der Waals surface area contributed by atoms with Gasteiger partial charge in [-0.15, -0.1) is 11.3 Å². The van der Waals surface area contributed by atoms with Crippen molar-refractivity contribution in [3.8, 4) is 0 Å². The largest absolute Gasteiger partial charge is 0.378 e. The van der Waals surface area contributed by atoms with Crippen LogP contribution in [0.15, 0.2) is 17.5 Å². The lowest BCUT2D eigenvalue weighted by molar-refractivity contribution is -0.162. The summed E-state index contributed by atoms with van der Waals surface area (Å²) in [5.74, 6) is 0.0220. The first kappa shape index (κ1) is 17.9. The van der Waals surface area contributed by atoms with Crippen molar-refractivity contribution in [2.75, 3.05) is 32.9 Å². The first-order chi connectivity index (χ1) is 12.7. The molecule has 3 heterocycles. The fourth-order valence-electron chi connectivity index (χ4n) is 4.38. The van der Waals surface area contributed by atoms with Crippen LogP contribution < -0.4 is 0 Å². The molecule has 2 aliphatic heterocycles. The maximum absolute atomic E-state index is 13.2. The number of morpholine rings is 1. The lowest BCUT2D eigenvalue weighted by Crippen LogP contribution is -2.58. The van der Waals surface area contributed by atoms with Crippen molar-refractivity contribution in [1.82, 2.24) is 9.80 Å². The van der Waals surface area contributed by atoms with Crippen LogP contribution in [0.1, 0.15) is 37.0 Å². The van der Waals surface area contributed by atoms with Gasteiger partial charge in [0.05, 0.1) is 26.2 Å². The predicted octanol–water partition coefficient (Wildman–Crippen LogP) is 2.04. The number of nitrogens with zero attached hydrogens (tertiary/aromatic N) is 2. The minimum atomic E-state index is -0.584. The van der Waals surface area contributed by atoms with Crippen LogP contribution in [0.5, 0.6) is 0 Å². The molecule has 1 aromatic rings. The van der Waals surface area contributed by atoms with E-state index < -0.39 is 11.8 Å². The third-order valence-corrected chi connectivity index (χ3v) is 6.55. The van der Waals surface area contributed by atoms with Gasteiger partial charge in [0, 0.05) is 18.0 Å². The van der Waals surface area contributed by atoms with E-state index in [1.165, 1.54) is 6.42 Å². The van der Waals surface area contributed by atoms with Gasteiger partial charge in [0.15, 0.2) is 0 Å². The Bertz CT molecular complexity index is 636. The van der Waals surface area contributed by atoms with E-state index in [2.05, 4.69) is 0 Å². The van der Waals surface area contributed by atoms with Gasteiger partial charge in [0.2, 0.25) is 11.8 Å². The predicted molar refractivity (Wildman–Crippen MR) is 97.8 cm³/mol. The van der Waals surface area contributed by atoms with Crippen molar-refractivity contribution in [3.63, 3.8) is 0 Å². The molecule has 0 bridgehead atoms. The monoisotopic (exact) mass is 378 g/mol. The third kappa shape index (κ3) is 3.40. The first-order valence-corrected chi connectivity index (χ1v) is 10.4. The average Bonchev–Trinajstić information content (AvgIpc) is 3.31. The first-order valence-electron chi connectivity index (χ1n) is 9.55. The maximum atomic E-state index is 13.2. The quantitative estimate of drug-likeness (QED) is 0.808. The van der Waals surface area contributed by atoms with Gasteiger partial charge < -0.3 is 14.4 Å². The molecular weight excluding hydrogens is 352 g/mol. The number of thiophene rings is 1. The molecule has 3 aliphatic rings. The van der Waals surface area contributed by atoms with Crippen LogP contribution in [-0.2, 0) is 25.5 Å². The summed E-state index contributed by atoms with van der Waals surface area (Å²) >= 11 is 1.58. The Morgan fingerprint density at radius 1 is 1.19 bits per heavy atom. The molecule has 0 unspecified atom stereocenters. The number of ether oxygens (including phenoxy) is 2. The summed E-state index contributed by atoms with van der Waals surface area (Å²) in [7, 11) is 0. The highest BCUT2D eigenvalue weighted by atomic mass is 32.1. The second kappa shape index (κ2) is 7.66. The molecule has 2 amide bonds. The number of carbonyl (C=O) groups is 2.